The molecule has 3 heteroatoms. The van der Waals surface area contributed by atoms with Crippen LogP contribution >= 0.6 is 0 Å². The predicted molar refractivity (Wildman–Crippen MR) is 89.7 cm³/mol. The average molecular weight is 320 g/mol. The lowest BCUT2D eigenvalue weighted by Gasteiger charge is -2.66. The van der Waals surface area contributed by atoms with E-state index in [1.807, 2.05) is 6.92 Å². The van der Waals surface area contributed by atoms with Gasteiger partial charge >= 0.3 is 0 Å². The van der Waals surface area contributed by atoms with Crippen LogP contribution in [0.4, 0.5) is 0 Å². The Morgan fingerprint density at radius 3 is 2.52 bits per heavy atom. The molecule has 4 rings (SSSR count). The van der Waals surface area contributed by atoms with Gasteiger partial charge in [0.2, 0.25) is 0 Å². The fourth-order valence-electron chi connectivity index (χ4n) is 7.36. The Hall–Kier alpha value is -0.380. The van der Waals surface area contributed by atoms with Crippen LogP contribution in [0.1, 0.15) is 59.3 Å². The zero-order chi connectivity index (χ0) is 16.6. The summed E-state index contributed by atoms with van der Waals surface area (Å²) < 4.78 is 0. The SMILES string of the molecule is CC1=C[C@]23C[C@H]1CC[C@H]2[C@]1(C)CC[C@@H](O)[C@](C)(CO)[C@H]1C[C@@H]3O. The van der Waals surface area contributed by atoms with Crippen LogP contribution in [0.5, 0.6) is 0 Å². The summed E-state index contributed by atoms with van der Waals surface area (Å²) in [7, 11) is 0. The van der Waals surface area contributed by atoms with Gasteiger partial charge in [0.1, 0.15) is 0 Å². The highest BCUT2D eigenvalue weighted by molar-refractivity contribution is 5.29. The monoisotopic (exact) mass is 320 g/mol. The van der Waals surface area contributed by atoms with E-state index in [1.165, 1.54) is 18.4 Å². The van der Waals surface area contributed by atoms with Gasteiger partial charge in [-0.15, -0.1) is 0 Å². The van der Waals surface area contributed by atoms with E-state index in [4.69, 9.17) is 0 Å². The van der Waals surface area contributed by atoms with Crippen molar-refractivity contribution in [1.82, 2.24) is 0 Å². The quantitative estimate of drug-likeness (QED) is 0.651. The first-order valence-corrected chi connectivity index (χ1v) is 9.44. The van der Waals surface area contributed by atoms with E-state index in [0.717, 1.165) is 25.7 Å². The number of aliphatic hydroxyl groups is 3. The molecular formula is C20H32O3. The van der Waals surface area contributed by atoms with E-state index in [-0.39, 0.29) is 29.5 Å². The Morgan fingerprint density at radius 2 is 1.83 bits per heavy atom. The normalized spacial score (nSPS) is 58.3. The Kier molecular flexibility index (Phi) is 3.38. The number of rotatable bonds is 1. The number of fused-ring (bicyclic) bond motifs is 3. The number of aliphatic hydroxyl groups excluding tert-OH is 3. The summed E-state index contributed by atoms with van der Waals surface area (Å²) in [5.74, 6) is 1.34. The van der Waals surface area contributed by atoms with Crippen LogP contribution in [0, 0.1) is 34.0 Å². The summed E-state index contributed by atoms with van der Waals surface area (Å²) in [5, 5.41) is 31.8. The second-order valence-corrected chi connectivity index (χ2v) is 9.56. The van der Waals surface area contributed by atoms with Gasteiger partial charge in [-0.2, -0.15) is 0 Å². The molecule has 0 heterocycles. The zero-order valence-corrected chi connectivity index (χ0v) is 14.8. The molecule has 4 aliphatic carbocycles. The molecule has 0 aromatic carbocycles. The van der Waals surface area contributed by atoms with Crippen molar-refractivity contribution in [2.75, 3.05) is 6.61 Å². The van der Waals surface area contributed by atoms with Crippen molar-refractivity contribution in [1.29, 1.82) is 0 Å². The van der Waals surface area contributed by atoms with Crippen molar-refractivity contribution in [2.45, 2.75) is 71.5 Å². The Bertz CT molecular complexity index is 543. The van der Waals surface area contributed by atoms with Crippen molar-refractivity contribution < 1.29 is 15.3 Å². The summed E-state index contributed by atoms with van der Waals surface area (Å²) in [6, 6.07) is 0. The molecule has 0 saturated heterocycles. The van der Waals surface area contributed by atoms with Gasteiger partial charge in [0.05, 0.1) is 18.8 Å². The van der Waals surface area contributed by atoms with Gasteiger partial charge in [-0.1, -0.05) is 25.5 Å². The largest absolute Gasteiger partial charge is 0.396 e. The summed E-state index contributed by atoms with van der Waals surface area (Å²) in [5.41, 5.74) is 1.07. The van der Waals surface area contributed by atoms with Gasteiger partial charge in [0.25, 0.3) is 0 Å². The molecule has 0 aromatic rings. The topological polar surface area (TPSA) is 60.7 Å². The minimum Gasteiger partial charge on any atom is -0.396 e. The van der Waals surface area contributed by atoms with E-state index in [0.29, 0.717) is 11.8 Å². The van der Waals surface area contributed by atoms with Crippen LogP contribution < -0.4 is 0 Å². The number of hydrogen-bond donors (Lipinski definition) is 3. The lowest BCUT2D eigenvalue weighted by atomic mass is 9.40. The molecule has 3 nitrogen and oxygen atoms in total. The Morgan fingerprint density at radius 1 is 1.09 bits per heavy atom. The third kappa shape index (κ3) is 1.82. The van der Waals surface area contributed by atoms with E-state index in [1.54, 1.807) is 0 Å². The Balaban J connectivity index is 1.80. The van der Waals surface area contributed by atoms with Gasteiger partial charge in [0.15, 0.2) is 0 Å². The molecule has 4 aliphatic rings. The van der Waals surface area contributed by atoms with E-state index < -0.39 is 11.5 Å². The molecule has 0 radical (unpaired) electrons. The molecule has 2 bridgehead atoms. The molecule has 0 aromatic heterocycles. The summed E-state index contributed by atoms with van der Waals surface area (Å²) in [4.78, 5) is 0. The second-order valence-electron chi connectivity index (χ2n) is 9.56. The maximum absolute atomic E-state index is 11.2. The smallest absolute Gasteiger partial charge is 0.0637 e. The highest BCUT2D eigenvalue weighted by Crippen LogP contribution is 2.70. The van der Waals surface area contributed by atoms with E-state index in [9.17, 15) is 15.3 Å². The summed E-state index contributed by atoms with van der Waals surface area (Å²) in [6.07, 6.45) is 7.68. The Labute approximate surface area is 139 Å². The maximum Gasteiger partial charge on any atom is 0.0637 e. The molecule has 3 N–H and O–H groups in total. The molecular weight excluding hydrogens is 288 g/mol. The minimum absolute atomic E-state index is 0.0123. The summed E-state index contributed by atoms with van der Waals surface area (Å²) in [6.45, 7) is 6.67. The molecule has 3 fully saturated rings. The van der Waals surface area contributed by atoms with Gasteiger partial charge < -0.3 is 15.3 Å². The molecule has 0 aliphatic heterocycles. The lowest BCUT2D eigenvalue weighted by Crippen LogP contribution is -2.64. The van der Waals surface area contributed by atoms with Crippen LogP contribution in [0.25, 0.3) is 0 Å². The van der Waals surface area contributed by atoms with Crippen molar-refractivity contribution >= 4 is 0 Å². The third-order valence-electron chi connectivity index (χ3n) is 8.72. The van der Waals surface area contributed by atoms with Crippen molar-refractivity contribution in [3.05, 3.63) is 11.6 Å². The fraction of sp³-hybridized carbons (Fsp3) is 0.900. The first-order chi connectivity index (χ1) is 10.8. The molecule has 23 heavy (non-hydrogen) atoms. The second kappa shape index (κ2) is 4.83. The van der Waals surface area contributed by atoms with Crippen LogP contribution in [0.3, 0.4) is 0 Å². The minimum atomic E-state index is -0.482. The average Bonchev–Trinajstić information content (AvgIpc) is 2.78. The lowest BCUT2D eigenvalue weighted by molar-refractivity contribution is -0.221. The molecule has 3 saturated carbocycles. The van der Waals surface area contributed by atoms with E-state index in [2.05, 4.69) is 19.9 Å². The molecule has 0 amide bonds. The molecule has 130 valence electrons. The van der Waals surface area contributed by atoms with Crippen LogP contribution in [0.2, 0.25) is 0 Å². The van der Waals surface area contributed by atoms with Crippen molar-refractivity contribution in [3.8, 4) is 0 Å². The van der Waals surface area contributed by atoms with Crippen LogP contribution in [-0.4, -0.2) is 34.1 Å². The van der Waals surface area contributed by atoms with Gasteiger partial charge in [-0.3, -0.25) is 0 Å². The van der Waals surface area contributed by atoms with Crippen LogP contribution in [-0.2, 0) is 0 Å². The molecule has 0 unspecified atom stereocenters. The highest BCUT2D eigenvalue weighted by Gasteiger charge is 2.66. The number of allylic oxidation sites excluding steroid dienone is 1. The van der Waals surface area contributed by atoms with Crippen molar-refractivity contribution in [2.24, 2.45) is 34.0 Å². The first kappa shape index (κ1) is 16.1. The van der Waals surface area contributed by atoms with Gasteiger partial charge in [-0.05, 0) is 68.6 Å². The predicted octanol–water partition coefficient (Wildman–Crippen LogP) is 2.89. The van der Waals surface area contributed by atoms with Gasteiger partial charge in [-0.25, -0.2) is 0 Å². The van der Waals surface area contributed by atoms with Gasteiger partial charge in [0, 0.05) is 10.8 Å². The number of hydrogen-bond acceptors (Lipinski definition) is 3. The third-order valence-corrected chi connectivity index (χ3v) is 8.72. The van der Waals surface area contributed by atoms with E-state index >= 15 is 0 Å². The highest BCUT2D eigenvalue weighted by atomic mass is 16.3. The summed E-state index contributed by atoms with van der Waals surface area (Å²) >= 11 is 0. The molecule has 1 spiro atoms. The molecule has 8 atom stereocenters. The van der Waals surface area contributed by atoms with Crippen LogP contribution in [0.15, 0.2) is 11.6 Å². The fourth-order valence-corrected chi connectivity index (χ4v) is 7.36. The maximum atomic E-state index is 11.2. The van der Waals surface area contributed by atoms with Crippen molar-refractivity contribution in [3.63, 3.8) is 0 Å². The first-order valence-electron chi connectivity index (χ1n) is 9.44. The standard InChI is InChI=1S/C20H32O3/c1-12-9-20-10-13(12)4-5-14(20)18(2)7-6-16(22)19(3,11-21)15(18)8-17(20)23/h9,13-17,21-23H,4-8,10-11H2,1-3H3/t13-,14+,15+,16-,17+,18+,19-,20+/m1/s1. The zero-order valence-electron chi connectivity index (χ0n) is 14.8.